The topological polar surface area (TPSA) is 165 Å². The number of hydrogen-bond acceptors (Lipinski definition) is 6. The summed E-state index contributed by atoms with van der Waals surface area (Å²) in [6.45, 7) is 2.34. The fourth-order valence-electron chi connectivity index (χ4n) is 3.48. The maximum atomic E-state index is 12.5. The summed E-state index contributed by atoms with van der Waals surface area (Å²) >= 11 is 0. The number of nitrogens with zero attached hydrogens (tertiary/aromatic N) is 1. The van der Waals surface area contributed by atoms with Gasteiger partial charge in [0, 0.05) is 6.54 Å². The summed E-state index contributed by atoms with van der Waals surface area (Å²) in [5.74, 6) is -4.21. The Bertz CT molecular complexity index is 647. The molecular formula is C17H26N4O7. The van der Waals surface area contributed by atoms with Gasteiger partial charge in [0.25, 0.3) is 0 Å². The number of amides is 3. The molecule has 28 heavy (non-hydrogen) atoms. The van der Waals surface area contributed by atoms with Crippen molar-refractivity contribution in [2.45, 2.75) is 63.2 Å². The van der Waals surface area contributed by atoms with Gasteiger partial charge in [-0.25, -0.2) is 4.79 Å². The van der Waals surface area contributed by atoms with Crippen LogP contribution in [0, 0.1) is 0 Å². The minimum atomic E-state index is -1.34. The number of carboxylic acids is 2. The summed E-state index contributed by atoms with van der Waals surface area (Å²) in [6, 6.07) is -3.80. The number of carbonyl (C=O) groups excluding carboxylic acids is 3. The van der Waals surface area contributed by atoms with Crippen LogP contribution >= 0.6 is 0 Å². The molecule has 2 fully saturated rings. The number of rotatable bonds is 8. The van der Waals surface area contributed by atoms with Crippen molar-refractivity contribution in [2.24, 2.45) is 0 Å². The Balaban J connectivity index is 1.98. The van der Waals surface area contributed by atoms with Crippen LogP contribution in [0.5, 0.6) is 0 Å². The van der Waals surface area contributed by atoms with Gasteiger partial charge < -0.3 is 31.1 Å². The average molecular weight is 398 g/mol. The quantitative estimate of drug-likeness (QED) is 0.322. The highest BCUT2D eigenvalue weighted by Crippen LogP contribution is 2.18. The third-order valence-electron chi connectivity index (χ3n) is 4.94. The van der Waals surface area contributed by atoms with Crippen molar-refractivity contribution in [2.75, 3.05) is 13.1 Å². The van der Waals surface area contributed by atoms with Crippen molar-refractivity contribution >= 4 is 29.7 Å². The zero-order chi connectivity index (χ0) is 20.8. The standard InChI is InChI=1S/C17H26N4O7/c1-9(16(26)21-7-3-5-12(21)17(27)28)19-15(25)11(8-13(22)23)20-14(24)10-4-2-6-18-10/h9-12,18H,2-8H2,1H3,(H,19,25)(H,20,24)(H,22,23)(H,27,28). The van der Waals surface area contributed by atoms with E-state index in [1.807, 2.05) is 0 Å². The molecule has 156 valence electrons. The molecule has 0 radical (unpaired) electrons. The van der Waals surface area contributed by atoms with Crippen LogP contribution in [0.1, 0.15) is 39.0 Å². The molecule has 2 aliphatic heterocycles. The highest BCUT2D eigenvalue weighted by atomic mass is 16.4. The summed E-state index contributed by atoms with van der Waals surface area (Å²) in [7, 11) is 0. The fraction of sp³-hybridized carbons (Fsp3) is 0.706. The predicted octanol–water partition coefficient (Wildman–Crippen LogP) is -1.72. The first-order chi connectivity index (χ1) is 13.2. The van der Waals surface area contributed by atoms with E-state index in [2.05, 4.69) is 16.0 Å². The van der Waals surface area contributed by atoms with Crippen LogP contribution in [0.4, 0.5) is 0 Å². The Morgan fingerprint density at radius 1 is 1.11 bits per heavy atom. The second kappa shape index (κ2) is 9.49. The molecule has 0 saturated carbocycles. The highest BCUT2D eigenvalue weighted by molar-refractivity contribution is 5.95. The van der Waals surface area contributed by atoms with Crippen molar-refractivity contribution in [3.05, 3.63) is 0 Å². The molecule has 4 atom stereocenters. The lowest BCUT2D eigenvalue weighted by atomic mass is 10.1. The summed E-state index contributed by atoms with van der Waals surface area (Å²) in [4.78, 5) is 60.7. The normalized spacial score (nSPS) is 23.7. The third-order valence-corrected chi connectivity index (χ3v) is 4.94. The van der Waals surface area contributed by atoms with Gasteiger partial charge in [-0.1, -0.05) is 0 Å². The average Bonchev–Trinajstić information content (AvgIpc) is 3.31. The summed E-state index contributed by atoms with van der Waals surface area (Å²) < 4.78 is 0. The van der Waals surface area contributed by atoms with E-state index in [4.69, 9.17) is 5.11 Å². The first kappa shape index (κ1) is 21.6. The van der Waals surface area contributed by atoms with E-state index < -0.39 is 60.2 Å². The Morgan fingerprint density at radius 2 is 1.82 bits per heavy atom. The van der Waals surface area contributed by atoms with Crippen LogP contribution in [0.3, 0.4) is 0 Å². The van der Waals surface area contributed by atoms with Crippen LogP contribution in [-0.4, -0.2) is 82.0 Å². The maximum absolute atomic E-state index is 12.5. The SMILES string of the molecule is CC(NC(=O)C(CC(=O)O)NC(=O)C1CCCN1)C(=O)N1CCCC1C(=O)O. The molecule has 2 aliphatic rings. The predicted molar refractivity (Wildman–Crippen MR) is 95.2 cm³/mol. The number of aliphatic carboxylic acids is 2. The molecule has 3 amide bonds. The van der Waals surface area contributed by atoms with Gasteiger partial charge in [-0.2, -0.15) is 0 Å². The Morgan fingerprint density at radius 3 is 2.39 bits per heavy atom. The van der Waals surface area contributed by atoms with Crippen LogP contribution in [0.15, 0.2) is 0 Å². The van der Waals surface area contributed by atoms with E-state index >= 15 is 0 Å². The van der Waals surface area contributed by atoms with E-state index in [1.165, 1.54) is 11.8 Å². The molecular weight excluding hydrogens is 372 g/mol. The number of hydrogen-bond donors (Lipinski definition) is 5. The summed E-state index contributed by atoms with van der Waals surface area (Å²) in [5.41, 5.74) is 0. The van der Waals surface area contributed by atoms with E-state index in [-0.39, 0.29) is 6.54 Å². The van der Waals surface area contributed by atoms with Crippen molar-refractivity contribution in [1.29, 1.82) is 0 Å². The first-order valence-electron chi connectivity index (χ1n) is 9.30. The van der Waals surface area contributed by atoms with Crippen LogP contribution in [-0.2, 0) is 24.0 Å². The number of nitrogens with one attached hydrogen (secondary N) is 3. The minimum Gasteiger partial charge on any atom is -0.481 e. The van der Waals surface area contributed by atoms with Crippen LogP contribution in [0.2, 0.25) is 0 Å². The van der Waals surface area contributed by atoms with E-state index in [9.17, 15) is 29.1 Å². The van der Waals surface area contributed by atoms with Crippen LogP contribution < -0.4 is 16.0 Å². The van der Waals surface area contributed by atoms with E-state index in [1.54, 1.807) is 0 Å². The molecule has 2 saturated heterocycles. The Hall–Kier alpha value is -2.69. The van der Waals surface area contributed by atoms with Gasteiger partial charge in [-0.15, -0.1) is 0 Å². The molecule has 0 aromatic heterocycles. The lowest BCUT2D eigenvalue weighted by Crippen LogP contribution is -2.56. The zero-order valence-corrected chi connectivity index (χ0v) is 15.6. The van der Waals surface area contributed by atoms with Gasteiger partial charge in [0.05, 0.1) is 12.5 Å². The highest BCUT2D eigenvalue weighted by Gasteiger charge is 2.37. The number of carbonyl (C=O) groups is 5. The Labute approximate surface area is 161 Å². The monoisotopic (exact) mass is 398 g/mol. The molecule has 0 aromatic rings. The van der Waals surface area contributed by atoms with E-state index in [0.717, 1.165) is 6.42 Å². The van der Waals surface area contributed by atoms with Crippen LogP contribution in [0.25, 0.3) is 0 Å². The second-order valence-corrected chi connectivity index (χ2v) is 7.07. The molecule has 5 N–H and O–H groups in total. The number of carboxylic acid groups (broad SMARTS) is 2. The van der Waals surface area contributed by atoms with Gasteiger partial charge in [0.2, 0.25) is 17.7 Å². The van der Waals surface area contributed by atoms with Gasteiger partial charge in [0.1, 0.15) is 18.1 Å². The minimum absolute atomic E-state index is 0.276. The lowest BCUT2D eigenvalue weighted by molar-refractivity contribution is -0.149. The fourth-order valence-corrected chi connectivity index (χ4v) is 3.48. The van der Waals surface area contributed by atoms with Crippen molar-refractivity contribution < 1.29 is 34.2 Å². The summed E-state index contributed by atoms with van der Waals surface area (Å²) in [6.07, 6.45) is 1.66. The third kappa shape index (κ3) is 5.41. The maximum Gasteiger partial charge on any atom is 0.326 e. The van der Waals surface area contributed by atoms with Crippen molar-refractivity contribution in [1.82, 2.24) is 20.9 Å². The molecule has 0 aliphatic carbocycles. The first-order valence-corrected chi connectivity index (χ1v) is 9.30. The van der Waals surface area contributed by atoms with Gasteiger partial charge in [0.15, 0.2) is 0 Å². The molecule has 11 nitrogen and oxygen atoms in total. The molecule has 0 aromatic carbocycles. The van der Waals surface area contributed by atoms with Crippen molar-refractivity contribution in [3.63, 3.8) is 0 Å². The van der Waals surface area contributed by atoms with Gasteiger partial charge >= 0.3 is 11.9 Å². The second-order valence-electron chi connectivity index (χ2n) is 7.07. The van der Waals surface area contributed by atoms with Gasteiger partial charge in [-0.05, 0) is 39.2 Å². The largest absolute Gasteiger partial charge is 0.481 e. The lowest BCUT2D eigenvalue weighted by Gasteiger charge is -2.26. The molecule has 11 heteroatoms. The van der Waals surface area contributed by atoms with E-state index in [0.29, 0.717) is 25.8 Å². The zero-order valence-electron chi connectivity index (χ0n) is 15.6. The number of likely N-dealkylation sites (tertiary alicyclic amines) is 1. The Kier molecular flexibility index (Phi) is 7.32. The van der Waals surface area contributed by atoms with Crippen molar-refractivity contribution in [3.8, 4) is 0 Å². The molecule has 2 heterocycles. The smallest absolute Gasteiger partial charge is 0.326 e. The molecule has 0 bridgehead atoms. The molecule has 2 rings (SSSR count). The van der Waals surface area contributed by atoms with Gasteiger partial charge in [-0.3, -0.25) is 19.2 Å². The molecule has 4 unspecified atom stereocenters. The molecule has 0 spiro atoms. The summed E-state index contributed by atoms with van der Waals surface area (Å²) in [5, 5.41) is 26.0.